The second kappa shape index (κ2) is 8.30. The number of carbonyl (C=O) groups excluding carboxylic acids is 1. The largest absolute Gasteiger partial charge is 0.409 e. The van der Waals surface area contributed by atoms with E-state index in [4.69, 9.17) is 0 Å². The summed E-state index contributed by atoms with van der Waals surface area (Å²) < 4.78 is 42.4. The van der Waals surface area contributed by atoms with Crippen LogP contribution in [-0.2, 0) is 11.2 Å². The summed E-state index contributed by atoms with van der Waals surface area (Å²) >= 11 is 0. The van der Waals surface area contributed by atoms with Crippen molar-refractivity contribution in [3.63, 3.8) is 0 Å². The van der Waals surface area contributed by atoms with E-state index in [2.05, 4.69) is 12.3 Å². The van der Waals surface area contributed by atoms with Crippen molar-refractivity contribution < 1.29 is 18.0 Å². The molecule has 1 heterocycles. The van der Waals surface area contributed by atoms with Gasteiger partial charge in [0, 0.05) is 13.0 Å². The maximum Gasteiger partial charge on any atom is 0.409 e. The van der Waals surface area contributed by atoms with Crippen LogP contribution in [0.1, 0.15) is 56.2 Å². The Morgan fingerprint density at radius 3 is 2.56 bits per heavy atom. The van der Waals surface area contributed by atoms with E-state index < -0.39 is 12.2 Å². The molecule has 1 atom stereocenters. The van der Waals surface area contributed by atoms with Crippen molar-refractivity contribution in [2.24, 2.45) is 0 Å². The van der Waals surface area contributed by atoms with Crippen molar-refractivity contribution in [1.82, 2.24) is 10.4 Å². The lowest BCUT2D eigenvalue weighted by Gasteiger charge is -2.32. The van der Waals surface area contributed by atoms with E-state index in [0.717, 1.165) is 36.1 Å². The van der Waals surface area contributed by atoms with Crippen LogP contribution in [0.2, 0.25) is 0 Å². The average molecular weight is 378 g/mol. The lowest BCUT2D eigenvalue weighted by molar-refractivity contribution is -0.190. The SMILES string of the molecule is CCCCCCc1ccc2ccccc2c1C(N1CCC(=O)N1)C(F)(F)F. The third kappa shape index (κ3) is 4.43. The fourth-order valence-corrected chi connectivity index (χ4v) is 3.81. The van der Waals surface area contributed by atoms with Gasteiger partial charge in [-0.2, -0.15) is 13.2 Å². The third-order valence-corrected chi connectivity index (χ3v) is 5.10. The molecule has 2 aromatic carbocycles. The van der Waals surface area contributed by atoms with Gasteiger partial charge in [0.1, 0.15) is 0 Å². The Balaban J connectivity index is 2.08. The summed E-state index contributed by atoms with van der Waals surface area (Å²) in [5.41, 5.74) is 3.39. The zero-order valence-electron chi connectivity index (χ0n) is 15.5. The number of alkyl halides is 3. The van der Waals surface area contributed by atoms with E-state index >= 15 is 0 Å². The number of halogens is 3. The van der Waals surface area contributed by atoms with Crippen molar-refractivity contribution in [1.29, 1.82) is 0 Å². The molecule has 27 heavy (non-hydrogen) atoms. The van der Waals surface area contributed by atoms with Gasteiger partial charge in [0.2, 0.25) is 5.91 Å². The number of aryl methyl sites for hydroxylation is 1. The Morgan fingerprint density at radius 2 is 1.89 bits per heavy atom. The summed E-state index contributed by atoms with van der Waals surface area (Å²) in [6.07, 6.45) is 0.219. The van der Waals surface area contributed by atoms with Gasteiger partial charge in [-0.3, -0.25) is 10.2 Å². The standard InChI is InChI=1S/C21H25F3N2O/c1-2-3-4-5-9-16-12-11-15-8-6-7-10-17(15)19(16)20(21(22,23)24)26-14-13-18(27)25-26/h6-8,10-12,20H,2-5,9,13-14H2,1H3,(H,25,27). The van der Waals surface area contributed by atoms with Crippen LogP contribution in [0.25, 0.3) is 10.8 Å². The van der Waals surface area contributed by atoms with Gasteiger partial charge in [0.15, 0.2) is 6.04 Å². The van der Waals surface area contributed by atoms with Crippen LogP contribution in [0.15, 0.2) is 36.4 Å². The Hall–Kier alpha value is -2.08. The van der Waals surface area contributed by atoms with E-state index in [0.29, 0.717) is 17.4 Å². The molecular weight excluding hydrogens is 353 g/mol. The first kappa shape index (κ1) is 19.7. The summed E-state index contributed by atoms with van der Waals surface area (Å²) in [5.74, 6) is -0.367. The molecule has 3 rings (SSSR count). The minimum Gasteiger partial charge on any atom is -0.288 e. The maximum atomic E-state index is 14.1. The van der Waals surface area contributed by atoms with Gasteiger partial charge in [-0.15, -0.1) is 0 Å². The van der Waals surface area contributed by atoms with Crippen LogP contribution in [0.4, 0.5) is 13.2 Å². The van der Waals surface area contributed by atoms with Gasteiger partial charge in [0.05, 0.1) is 0 Å². The van der Waals surface area contributed by atoms with Crippen molar-refractivity contribution >= 4 is 16.7 Å². The summed E-state index contributed by atoms with van der Waals surface area (Å²) in [6, 6.07) is 9.04. The number of unbranched alkanes of at least 4 members (excludes halogenated alkanes) is 3. The highest BCUT2D eigenvalue weighted by molar-refractivity contribution is 5.87. The molecule has 3 nitrogen and oxygen atoms in total. The topological polar surface area (TPSA) is 32.3 Å². The summed E-state index contributed by atoms with van der Waals surface area (Å²) in [5, 5.41) is 2.44. The predicted molar refractivity (Wildman–Crippen MR) is 100 cm³/mol. The van der Waals surface area contributed by atoms with E-state index in [9.17, 15) is 18.0 Å². The van der Waals surface area contributed by atoms with Crippen LogP contribution in [-0.4, -0.2) is 23.6 Å². The average Bonchev–Trinajstić information content (AvgIpc) is 3.04. The van der Waals surface area contributed by atoms with Crippen LogP contribution < -0.4 is 5.43 Å². The van der Waals surface area contributed by atoms with Crippen LogP contribution >= 0.6 is 0 Å². The molecule has 146 valence electrons. The van der Waals surface area contributed by atoms with Gasteiger partial charge in [-0.05, 0) is 34.7 Å². The molecule has 2 aromatic rings. The molecule has 1 aliphatic rings. The van der Waals surface area contributed by atoms with Gasteiger partial charge in [-0.1, -0.05) is 62.6 Å². The van der Waals surface area contributed by atoms with Crippen molar-refractivity contribution in [2.75, 3.05) is 6.54 Å². The van der Waals surface area contributed by atoms with Crippen molar-refractivity contribution in [2.45, 2.75) is 57.7 Å². The van der Waals surface area contributed by atoms with Gasteiger partial charge >= 0.3 is 6.18 Å². The monoisotopic (exact) mass is 378 g/mol. The Bertz CT molecular complexity index is 804. The number of amides is 1. The van der Waals surface area contributed by atoms with Gasteiger partial charge in [0.25, 0.3) is 0 Å². The fourth-order valence-electron chi connectivity index (χ4n) is 3.81. The highest BCUT2D eigenvalue weighted by Gasteiger charge is 2.48. The van der Waals surface area contributed by atoms with E-state index in [1.165, 1.54) is 0 Å². The Labute approximate surface area is 157 Å². The molecular formula is C21H25F3N2O. The number of nitrogens with one attached hydrogen (secondary N) is 1. The summed E-state index contributed by atoms with van der Waals surface area (Å²) in [7, 11) is 0. The first-order valence-electron chi connectivity index (χ1n) is 9.55. The minimum atomic E-state index is -4.49. The Morgan fingerprint density at radius 1 is 1.11 bits per heavy atom. The lowest BCUT2D eigenvalue weighted by Crippen LogP contribution is -2.44. The number of carbonyl (C=O) groups is 1. The normalized spacial score (nSPS) is 16.7. The molecule has 6 heteroatoms. The fraction of sp³-hybridized carbons (Fsp3) is 0.476. The van der Waals surface area contributed by atoms with Crippen LogP contribution in [0, 0.1) is 0 Å². The molecule has 0 spiro atoms. The quantitative estimate of drug-likeness (QED) is 0.663. The molecule has 1 aliphatic heterocycles. The zero-order valence-corrected chi connectivity index (χ0v) is 15.5. The molecule has 0 radical (unpaired) electrons. The smallest absolute Gasteiger partial charge is 0.288 e. The zero-order chi connectivity index (χ0) is 19.4. The molecule has 1 saturated heterocycles. The number of benzene rings is 2. The number of nitrogens with zero attached hydrogens (tertiary/aromatic N) is 1. The van der Waals surface area contributed by atoms with Crippen LogP contribution in [0.5, 0.6) is 0 Å². The number of fused-ring (bicyclic) bond motifs is 1. The second-order valence-corrected chi connectivity index (χ2v) is 7.09. The number of hydrogen-bond acceptors (Lipinski definition) is 2. The van der Waals surface area contributed by atoms with Crippen molar-refractivity contribution in [3.05, 3.63) is 47.5 Å². The number of rotatable bonds is 7. The first-order valence-corrected chi connectivity index (χ1v) is 9.55. The van der Waals surface area contributed by atoms with Crippen LogP contribution in [0.3, 0.4) is 0 Å². The molecule has 1 unspecified atom stereocenters. The Kier molecular flexibility index (Phi) is 6.05. The summed E-state index contributed by atoms with van der Waals surface area (Å²) in [4.78, 5) is 11.6. The maximum absolute atomic E-state index is 14.1. The van der Waals surface area contributed by atoms with E-state index in [1.54, 1.807) is 12.1 Å². The number of hydrazine groups is 1. The molecule has 0 saturated carbocycles. The van der Waals surface area contributed by atoms with Gasteiger partial charge < -0.3 is 0 Å². The minimum absolute atomic E-state index is 0.0570. The molecule has 0 bridgehead atoms. The molecule has 1 amide bonds. The summed E-state index contributed by atoms with van der Waals surface area (Å²) in [6.45, 7) is 2.17. The number of hydrogen-bond donors (Lipinski definition) is 1. The molecule has 0 aliphatic carbocycles. The van der Waals surface area contributed by atoms with E-state index in [-0.39, 0.29) is 24.4 Å². The molecule has 0 aromatic heterocycles. The predicted octanol–water partition coefficient (Wildman–Crippen LogP) is 5.30. The lowest BCUT2D eigenvalue weighted by atomic mass is 9.90. The molecule has 1 fully saturated rings. The van der Waals surface area contributed by atoms with Crippen molar-refractivity contribution in [3.8, 4) is 0 Å². The van der Waals surface area contributed by atoms with Gasteiger partial charge in [-0.25, -0.2) is 5.01 Å². The second-order valence-electron chi connectivity index (χ2n) is 7.09. The third-order valence-electron chi connectivity index (χ3n) is 5.10. The highest BCUT2D eigenvalue weighted by atomic mass is 19.4. The molecule has 1 N–H and O–H groups in total. The first-order chi connectivity index (χ1) is 12.9. The van der Waals surface area contributed by atoms with E-state index in [1.807, 2.05) is 24.3 Å². The highest BCUT2D eigenvalue weighted by Crippen LogP contribution is 2.42.